The van der Waals surface area contributed by atoms with Gasteiger partial charge in [0.05, 0.1) is 0 Å². The van der Waals surface area contributed by atoms with Crippen molar-refractivity contribution in [3.63, 3.8) is 0 Å². The van der Waals surface area contributed by atoms with Crippen molar-refractivity contribution in [3.05, 3.63) is 0 Å². The van der Waals surface area contributed by atoms with E-state index in [0.29, 0.717) is 5.41 Å². The molecule has 0 amide bonds. The van der Waals surface area contributed by atoms with Gasteiger partial charge in [-0.05, 0) is 98.5 Å². The Labute approximate surface area is 182 Å². The van der Waals surface area contributed by atoms with Crippen LogP contribution >= 0.6 is 12.6 Å². The quantitative estimate of drug-likeness (QED) is 0.228. The monoisotopic (exact) mass is 406 g/mol. The summed E-state index contributed by atoms with van der Waals surface area (Å²) in [7, 11) is 0. The lowest BCUT2D eigenvalue weighted by molar-refractivity contribution is 0.0138. The summed E-state index contributed by atoms with van der Waals surface area (Å²) in [6.07, 6.45) is 30.1. The maximum absolute atomic E-state index is 4.48. The van der Waals surface area contributed by atoms with Crippen LogP contribution in [0.2, 0.25) is 0 Å². The Morgan fingerprint density at radius 2 is 1.39 bits per heavy atom. The maximum Gasteiger partial charge on any atom is -0.00979 e. The first-order valence-corrected chi connectivity index (χ1v) is 13.8. The first-order chi connectivity index (χ1) is 13.6. The third-order valence-electron chi connectivity index (χ3n) is 9.73. The summed E-state index contributed by atoms with van der Waals surface area (Å²) >= 11 is 4.48. The van der Waals surface area contributed by atoms with Crippen molar-refractivity contribution >= 4 is 12.6 Å². The van der Waals surface area contributed by atoms with Gasteiger partial charge in [0.25, 0.3) is 0 Å². The summed E-state index contributed by atoms with van der Waals surface area (Å²) < 4.78 is 0. The number of unbranched alkanes of at least 4 members (excludes halogenated alkanes) is 3. The predicted molar refractivity (Wildman–Crippen MR) is 128 cm³/mol. The lowest BCUT2D eigenvalue weighted by Gasteiger charge is -2.50. The van der Waals surface area contributed by atoms with Gasteiger partial charge in [-0.25, -0.2) is 0 Å². The zero-order chi connectivity index (χ0) is 19.9. The van der Waals surface area contributed by atoms with Crippen LogP contribution in [0.25, 0.3) is 0 Å². The molecule has 164 valence electrons. The molecule has 3 aliphatic rings. The minimum Gasteiger partial charge on any atom is -0.179 e. The maximum atomic E-state index is 4.48. The molecule has 0 radical (unpaired) electrons. The summed E-state index contributed by atoms with van der Waals surface area (Å²) in [5.74, 6) is 2.05. The van der Waals surface area contributed by atoms with Crippen LogP contribution in [0.4, 0.5) is 0 Å². The van der Waals surface area contributed by atoms with Crippen molar-refractivity contribution in [3.8, 4) is 0 Å². The van der Waals surface area contributed by atoms with Crippen LogP contribution in [0, 0.1) is 22.2 Å². The molecule has 0 aromatic rings. The second-order valence-corrected chi connectivity index (χ2v) is 12.0. The number of thiol groups is 1. The van der Waals surface area contributed by atoms with E-state index >= 15 is 0 Å². The van der Waals surface area contributed by atoms with Crippen LogP contribution in [0.5, 0.6) is 0 Å². The van der Waals surface area contributed by atoms with Crippen LogP contribution in [0.3, 0.4) is 0 Å². The number of hydrogen-bond donors (Lipinski definition) is 1. The second kappa shape index (κ2) is 10.6. The van der Waals surface area contributed by atoms with Gasteiger partial charge in [0.2, 0.25) is 0 Å². The molecule has 0 N–H and O–H groups in total. The van der Waals surface area contributed by atoms with Crippen molar-refractivity contribution < 1.29 is 0 Å². The van der Waals surface area contributed by atoms with Crippen LogP contribution < -0.4 is 0 Å². The van der Waals surface area contributed by atoms with Gasteiger partial charge in [0.1, 0.15) is 0 Å². The zero-order valence-electron chi connectivity index (χ0n) is 19.4. The largest absolute Gasteiger partial charge is 0.179 e. The molecule has 0 saturated heterocycles. The molecule has 2 unspecified atom stereocenters. The molecular formula is C27H50S. The number of hydrogen-bond acceptors (Lipinski definition) is 1. The van der Waals surface area contributed by atoms with Gasteiger partial charge in [0.15, 0.2) is 0 Å². The molecule has 2 atom stereocenters. The van der Waals surface area contributed by atoms with Gasteiger partial charge >= 0.3 is 0 Å². The Kier molecular flexibility index (Phi) is 8.71. The van der Waals surface area contributed by atoms with Gasteiger partial charge in [-0.2, -0.15) is 12.6 Å². The number of rotatable bonds is 13. The highest BCUT2D eigenvalue weighted by Gasteiger charge is 2.47. The predicted octanol–water partition coefficient (Wildman–Crippen LogP) is 9.37. The molecule has 1 heteroatoms. The van der Waals surface area contributed by atoms with E-state index in [1.54, 1.807) is 51.4 Å². The highest BCUT2D eigenvalue weighted by atomic mass is 32.1. The zero-order valence-corrected chi connectivity index (χ0v) is 20.3. The molecule has 0 nitrogen and oxygen atoms in total. The second-order valence-electron chi connectivity index (χ2n) is 11.5. The average Bonchev–Trinajstić information content (AvgIpc) is 3.26. The molecule has 3 rings (SSSR count). The molecule has 0 aromatic carbocycles. The standard InChI is InChI=1S/C27H50S/c1-3-4-5-13-25(14-6-7-15-25)23-26(16-11-17-26)20-21-27(18-8-9-22-28)19-10-12-24(27)2/h24,28H,3-23H2,1-2H3. The van der Waals surface area contributed by atoms with Gasteiger partial charge in [-0.15, -0.1) is 0 Å². The Morgan fingerprint density at radius 3 is 1.96 bits per heavy atom. The summed E-state index contributed by atoms with van der Waals surface area (Å²) in [5, 5.41) is 0. The van der Waals surface area contributed by atoms with E-state index in [4.69, 9.17) is 0 Å². The summed E-state index contributed by atoms with van der Waals surface area (Å²) in [5.41, 5.74) is 2.18. The van der Waals surface area contributed by atoms with Gasteiger partial charge in [-0.1, -0.05) is 71.6 Å². The normalized spacial score (nSPS) is 31.2. The lowest BCUT2D eigenvalue weighted by Crippen LogP contribution is -2.38. The molecule has 3 fully saturated rings. The Hall–Kier alpha value is 0.350. The highest BCUT2D eigenvalue weighted by molar-refractivity contribution is 7.80. The van der Waals surface area contributed by atoms with Crippen molar-refractivity contribution in [2.45, 2.75) is 142 Å². The van der Waals surface area contributed by atoms with E-state index in [9.17, 15) is 0 Å². The third kappa shape index (κ3) is 5.53. The fraction of sp³-hybridized carbons (Fsp3) is 1.00. The van der Waals surface area contributed by atoms with Gasteiger partial charge < -0.3 is 0 Å². The summed E-state index contributed by atoms with van der Waals surface area (Å²) in [4.78, 5) is 0. The van der Waals surface area contributed by atoms with E-state index in [-0.39, 0.29) is 0 Å². The van der Waals surface area contributed by atoms with E-state index in [1.165, 1.54) is 77.0 Å². The van der Waals surface area contributed by atoms with Crippen LogP contribution in [-0.4, -0.2) is 5.75 Å². The molecule has 0 aliphatic heterocycles. The van der Waals surface area contributed by atoms with Crippen LogP contribution in [-0.2, 0) is 0 Å². The van der Waals surface area contributed by atoms with Crippen molar-refractivity contribution in [1.29, 1.82) is 0 Å². The van der Waals surface area contributed by atoms with Gasteiger partial charge in [0, 0.05) is 0 Å². The molecular weight excluding hydrogens is 356 g/mol. The fourth-order valence-corrected chi connectivity index (χ4v) is 7.88. The van der Waals surface area contributed by atoms with Crippen LogP contribution in [0.15, 0.2) is 0 Å². The first-order valence-electron chi connectivity index (χ1n) is 13.2. The first kappa shape index (κ1) is 23.0. The van der Waals surface area contributed by atoms with Crippen molar-refractivity contribution in [2.75, 3.05) is 5.75 Å². The Balaban J connectivity index is 1.61. The minimum atomic E-state index is 0.691. The van der Waals surface area contributed by atoms with E-state index in [0.717, 1.165) is 22.5 Å². The Bertz CT molecular complexity index is 445. The minimum absolute atomic E-state index is 0.691. The van der Waals surface area contributed by atoms with E-state index in [2.05, 4.69) is 26.5 Å². The Morgan fingerprint density at radius 1 is 0.714 bits per heavy atom. The molecule has 3 saturated carbocycles. The van der Waals surface area contributed by atoms with Crippen molar-refractivity contribution in [1.82, 2.24) is 0 Å². The summed E-state index contributed by atoms with van der Waals surface area (Å²) in [6.45, 7) is 4.95. The molecule has 0 spiro atoms. The topological polar surface area (TPSA) is 0 Å². The van der Waals surface area contributed by atoms with Gasteiger partial charge in [-0.3, -0.25) is 0 Å². The molecule has 3 aliphatic carbocycles. The molecule has 0 heterocycles. The van der Waals surface area contributed by atoms with Crippen LogP contribution in [0.1, 0.15) is 142 Å². The van der Waals surface area contributed by atoms with Crippen molar-refractivity contribution in [2.24, 2.45) is 22.2 Å². The molecule has 28 heavy (non-hydrogen) atoms. The molecule has 0 bridgehead atoms. The van der Waals surface area contributed by atoms with E-state index < -0.39 is 0 Å². The fourth-order valence-electron chi connectivity index (χ4n) is 7.66. The summed E-state index contributed by atoms with van der Waals surface area (Å²) in [6, 6.07) is 0. The average molecular weight is 407 g/mol. The molecule has 0 aromatic heterocycles. The smallest absolute Gasteiger partial charge is 0.00979 e. The highest BCUT2D eigenvalue weighted by Crippen LogP contribution is 2.60. The van der Waals surface area contributed by atoms with E-state index in [1.807, 2.05) is 0 Å². The third-order valence-corrected chi connectivity index (χ3v) is 10.0. The SMILES string of the molecule is CCCCCC1(CC2(CCC3(CCCCS)CCCC3C)CCC2)CCCC1. The lowest BCUT2D eigenvalue weighted by atomic mass is 9.55.